The number of anilines is 1. The minimum absolute atomic E-state index is 0.0307. The summed E-state index contributed by atoms with van der Waals surface area (Å²) in [4.78, 5) is 58.6. The maximum absolute atomic E-state index is 14.0. The van der Waals surface area contributed by atoms with E-state index in [2.05, 4.69) is 39.9 Å². The molecule has 6 aromatic rings. The van der Waals surface area contributed by atoms with E-state index in [4.69, 9.17) is 5.73 Å². The number of nitrogens with one attached hydrogen (secondary N) is 3. The van der Waals surface area contributed by atoms with E-state index in [1.165, 1.54) is 0 Å². The Labute approximate surface area is 347 Å². The van der Waals surface area contributed by atoms with Gasteiger partial charge in [0.25, 0.3) is 0 Å². The van der Waals surface area contributed by atoms with Gasteiger partial charge in [-0.2, -0.15) is 0 Å². The Balaban J connectivity index is 1.14. The van der Waals surface area contributed by atoms with Crippen LogP contribution < -0.4 is 21.3 Å². The summed E-state index contributed by atoms with van der Waals surface area (Å²) in [5, 5.41) is 8.18. The van der Waals surface area contributed by atoms with Crippen molar-refractivity contribution in [1.29, 1.82) is 0 Å². The Hall–Kier alpha value is -6.00. The summed E-state index contributed by atoms with van der Waals surface area (Å²) >= 11 is 0. The number of ketones is 1. The Kier molecular flexibility index (Phi) is 15.6. The lowest BCUT2D eigenvalue weighted by Crippen LogP contribution is -2.47. The van der Waals surface area contributed by atoms with Crippen molar-refractivity contribution >= 4 is 51.0 Å². The molecule has 6 rings (SSSR count). The third-order valence-electron chi connectivity index (χ3n) is 11.0. The van der Waals surface area contributed by atoms with Crippen molar-refractivity contribution in [2.45, 2.75) is 90.1 Å². The van der Waals surface area contributed by atoms with Gasteiger partial charge in [0.05, 0.1) is 6.42 Å². The van der Waals surface area contributed by atoms with E-state index in [9.17, 15) is 19.2 Å². The average Bonchev–Trinajstić information content (AvgIpc) is 3.79. The number of unbranched alkanes of at least 4 members (excludes halogenated alkanes) is 5. The summed E-state index contributed by atoms with van der Waals surface area (Å²) in [6.45, 7) is 3.38. The zero-order chi connectivity index (χ0) is 41.4. The van der Waals surface area contributed by atoms with Crippen LogP contribution in [-0.4, -0.2) is 58.7 Å². The van der Waals surface area contributed by atoms with Crippen molar-refractivity contribution in [3.8, 4) is 11.3 Å². The van der Waals surface area contributed by atoms with Gasteiger partial charge in [-0.1, -0.05) is 111 Å². The van der Waals surface area contributed by atoms with Crippen LogP contribution in [0.5, 0.6) is 0 Å². The van der Waals surface area contributed by atoms with Crippen molar-refractivity contribution in [3.05, 3.63) is 127 Å². The Morgan fingerprint density at radius 3 is 2.20 bits per heavy atom. The number of aromatic nitrogens is 2. The molecule has 0 saturated carbocycles. The molecular weight excluding hydrogens is 737 g/mol. The van der Waals surface area contributed by atoms with E-state index < -0.39 is 6.04 Å². The lowest BCUT2D eigenvalue weighted by atomic mass is 10.0. The van der Waals surface area contributed by atoms with Crippen molar-refractivity contribution in [2.75, 3.05) is 24.5 Å². The Bertz CT molecular complexity index is 2300. The number of rotatable bonds is 23. The summed E-state index contributed by atoms with van der Waals surface area (Å²) in [6, 6.07) is 35.2. The predicted molar refractivity (Wildman–Crippen MR) is 238 cm³/mol. The van der Waals surface area contributed by atoms with E-state index in [1.807, 2.05) is 101 Å². The second-order valence-corrected chi connectivity index (χ2v) is 15.4. The highest BCUT2D eigenvalue weighted by atomic mass is 16.2. The fourth-order valence-corrected chi connectivity index (χ4v) is 7.93. The molecule has 2 aromatic heterocycles. The zero-order valence-electron chi connectivity index (χ0n) is 34.3. The zero-order valence-corrected chi connectivity index (χ0v) is 34.3. The number of para-hydroxylation sites is 3. The molecule has 2 heterocycles. The molecule has 59 heavy (non-hydrogen) atoms. The second-order valence-electron chi connectivity index (χ2n) is 15.4. The fraction of sp³-hybridized carbons (Fsp3) is 0.347. The van der Waals surface area contributed by atoms with Gasteiger partial charge in [-0.15, -0.1) is 0 Å². The van der Waals surface area contributed by atoms with Crippen molar-refractivity contribution in [2.24, 2.45) is 5.73 Å². The van der Waals surface area contributed by atoms with Gasteiger partial charge in [-0.3, -0.25) is 14.4 Å². The summed E-state index contributed by atoms with van der Waals surface area (Å²) < 4.78 is 1.93. The van der Waals surface area contributed by atoms with Crippen molar-refractivity contribution in [1.82, 2.24) is 20.2 Å². The summed E-state index contributed by atoms with van der Waals surface area (Å²) in [5.74, 6) is -0.388. The molecule has 0 fully saturated rings. The number of Topliss-reactive ketones (excluding diaryl/α,β-unsaturated/α-hetero) is 1. The molecule has 10 heteroatoms. The van der Waals surface area contributed by atoms with Crippen LogP contribution >= 0.6 is 0 Å². The van der Waals surface area contributed by atoms with Gasteiger partial charge in [0.1, 0.15) is 18.4 Å². The average molecular weight is 795 g/mol. The number of hydrogen-bond acceptors (Lipinski definition) is 5. The first-order valence-electron chi connectivity index (χ1n) is 21.2. The molecule has 0 spiro atoms. The van der Waals surface area contributed by atoms with Crippen molar-refractivity contribution in [3.63, 3.8) is 0 Å². The van der Waals surface area contributed by atoms with Gasteiger partial charge in [0.2, 0.25) is 17.7 Å². The first-order chi connectivity index (χ1) is 28.8. The first-order valence-corrected chi connectivity index (χ1v) is 21.2. The number of amides is 3. The van der Waals surface area contributed by atoms with Gasteiger partial charge < -0.3 is 35.6 Å². The van der Waals surface area contributed by atoms with E-state index in [1.54, 1.807) is 6.92 Å². The topological polar surface area (TPSA) is 142 Å². The van der Waals surface area contributed by atoms with Crippen LogP contribution in [-0.2, 0) is 38.6 Å². The fourth-order valence-electron chi connectivity index (χ4n) is 7.93. The maximum atomic E-state index is 14.0. The van der Waals surface area contributed by atoms with Crippen LogP contribution in [0.3, 0.4) is 0 Å². The third kappa shape index (κ3) is 11.8. The molecule has 1 unspecified atom stereocenters. The van der Waals surface area contributed by atoms with Gasteiger partial charge in [-0.25, -0.2) is 0 Å². The first kappa shape index (κ1) is 42.6. The van der Waals surface area contributed by atoms with Crippen molar-refractivity contribution < 1.29 is 19.2 Å². The standard InChI is InChI=1S/C49H58N6O4/c1-36(56)19-7-4-12-27-44(49(59)51-31-29-42-41-25-13-15-26-43(41)53-48(42)37-20-8-5-9-21-37)52-46(57)33-38-34-54(45-28-16-14-24-40(38)45)35-47(58)55(32-18-3-2-17-30-50)39-22-10-6-11-23-39/h5-6,8-11,13-16,20-26,28,34,44,53H,2-4,7,12,17-19,27,29-33,35,50H2,1H3,(H,51,59)(H,52,57). The van der Waals surface area contributed by atoms with Gasteiger partial charge in [0.15, 0.2) is 0 Å². The quantitative estimate of drug-likeness (QED) is 0.0484. The van der Waals surface area contributed by atoms with Crippen LogP contribution in [0.25, 0.3) is 33.1 Å². The molecule has 0 saturated heterocycles. The van der Waals surface area contributed by atoms with E-state index >= 15 is 0 Å². The predicted octanol–water partition coefficient (Wildman–Crippen LogP) is 8.27. The molecule has 1 atom stereocenters. The number of aromatic amines is 1. The number of benzene rings is 4. The van der Waals surface area contributed by atoms with Gasteiger partial charge >= 0.3 is 0 Å². The molecule has 10 nitrogen and oxygen atoms in total. The lowest BCUT2D eigenvalue weighted by Gasteiger charge is -2.23. The number of H-pyrrole nitrogens is 1. The highest BCUT2D eigenvalue weighted by Crippen LogP contribution is 2.31. The molecule has 0 aliphatic carbocycles. The molecule has 0 aliphatic heterocycles. The van der Waals surface area contributed by atoms with Gasteiger partial charge in [-0.05, 0) is 86.5 Å². The van der Waals surface area contributed by atoms with E-state index in [0.29, 0.717) is 45.3 Å². The number of nitrogens with two attached hydrogens (primary N) is 1. The highest BCUT2D eigenvalue weighted by Gasteiger charge is 2.23. The summed E-state index contributed by atoms with van der Waals surface area (Å²) in [7, 11) is 0. The minimum atomic E-state index is -0.740. The maximum Gasteiger partial charge on any atom is 0.246 e. The molecule has 0 bridgehead atoms. The molecule has 0 aliphatic rings. The normalized spacial score (nSPS) is 11.8. The number of nitrogens with zero attached hydrogens (tertiary/aromatic N) is 2. The Morgan fingerprint density at radius 2 is 1.44 bits per heavy atom. The molecular formula is C49H58N6O4. The highest BCUT2D eigenvalue weighted by molar-refractivity contribution is 5.96. The molecule has 308 valence electrons. The molecule has 0 radical (unpaired) electrons. The summed E-state index contributed by atoms with van der Waals surface area (Å²) in [6.07, 6.45) is 9.61. The van der Waals surface area contributed by atoms with E-state index in [0.717, 1.165) is 88.4 Å². The number of carbonyl (C=O) groups excluding carboxylic acids is 4. The number of hydrogen-bond donors (Lipinski definition) is 4. The Morgan fingerprint density at radius 1 is 0.763 bits per heavy atom. The summed E-state index contributed by atoms with van der Waals surface area (Å²) in [5.41, 5.74) is 12.5. The van der Waals surface area contributed by atoms with E-state index in [-0.39, 0.29) is 36.5 Å². The molecule has 3 amide bonds. The molecule has 5 N–H and O–H groups in total. The monoisotopic (exact) mass is 794 g/mol. The van der Waals surface area contributed by atoms with Crippen LogP contribution in [0.4, 0.5) is 5.69 Å². The van der Waals surface area contributed by atoms with Crippen LogP contribution in [0.1, 0.15) is 75.8 Å². The minimum Gasteiger partial charge on any atom is -0.354 e. The van der Waals surface area contributed by atoms with Crippen LogP contribution in [0, 0.1) is 0 Å². The lowest BCUT2D eigenvalue weighted by molar-refractivity contribution is -0.128. The SMILES string of the molecule is CC(=O)CCCCCC(NC(=O)Cc1cn(CC(=O)N(CCCCCCN)c2ccccc2)c2ccccc12)C(=O)NCCc1c(-c2ccccc2)[nH]c2ccccc12. The number of carbonyl (C=O) groups is 4. The smallest absolute Gasteiger partial charge is 0.246 e. The second kappa shape index (κ2) is 21.7. The largest absolute Gasteiger partial charge is 0.354 e. The third-order valence-corrected chi connectivity index (χ3v) is 11.0. The van der Waals surface area contributed by atoms with Crippen LogP contribution in [0.2, 0.25) is 0 Å². The van der Waals surface area contributed by atoms with Gasteiger partial charge in [0, 0.05) is 58.9 Å². The number of fused-ring (bicyclic) bond motifs is 2. The molecule has 4 aromatic carbocycles. The van der Waals surface area contributed by atoms with Crippen LogP contribution in [0.15, 0.2) is 115 Å².